The minimum Gasteiger partial charge on any atom is -0.485 e. The summed E-state index contributed by atoms with van der Waals surface area (Å²) in [5.74, 6) is 0.500. The molecule has 1 aromatic heterocycles. The Bertz CT molecular complexity index is 1060. The molecule has 30 heavy (non-hydrogen) atoms. The van der Waals surface area contributed by atoms with Crippen molar-refractivity contribution < 1.29 is 19.8 Å². The van der Waals surface area contributed by atoms with E-state index in [1.165, 1.54) is 10.6 Å². The zero-order valence-electron chi connectivity index (χ0n) is 16.9. The summed E-state index contributed by atoms with van der Waals surface area (Å²) >= 11 is 0. The quantitative estimate of drug-likeness (QED) is 0.569. The zero-order valence-corrected chi connectivity index (χ0v) is 16.9. The zero-order chi connectivity index (χ0) is 22.1. The van der Waals surface area contributed by atoms with Gasteiger partial charge in [0.2, 0.25) is 0 Å². The highest BCUT2D eigenvalue weighted by Gasteiger charge is 2.44. The molecule has 9 nitrogen and oxygen atoms in total. The van der Waals surface area contributed by atoms with E-state index in [4.69, 9.17) is 4.74 Å². The summed E-state index contributed by atoms with van der Waals surface area (Å²) in [6, 6.07) is 9.27. The van der Waals surface area contributed by atoms with Gasteiger partial charge in [-0.2, -0.15) is 5.26 Å². The van der Waals surface area contributed by atoms with Gasteiger partial charge in [0.15, 0.2) is 0 Å². The topological polar surface area (TPSA) is 128 Å². The number of benzene rings is 1. The van der Waals surface area contributed by atoms with E-state index in [0.29, 0.717) is 29.7 Å². The fourth-order valence-corrected chi connectivity index (χ4v) is 3.62. The Balaban J connectivity index is 2.01. The largest absolute Gasteiger partial charge is 0.485 e. The molecule has 2 heterocycles. The predicted octanol–water partition coefficient (Wildman–Crippen LogP) is 2.37. The maximum absolute atomic E-state index is 12.7. The molecule has 2 aromatic rings. The van der Waals surface area contributed by atoms with E-state index in [9.17, 15) is 25.3 Å². The van der Waals surface area contributed by atoms with Crippen molar-refractivity contribution in [3.05, 3.63) is 73.7 Å². The molecule has 0 fully saturated rings. The van der Waals surface area contributed by atoms with Gasteiger partial charge in [0, 0.05) is 17.8 Å². The second-order valence-electron chi connectivity index (χ2n) is 7.92. The Morgan fingerprint density at radius 1 is 1.40 bits per heavy atom. The predicted molar refractivity (Wildman–Crippen MR) is 107 cm³/mol. The Hall–Kier alpha value is -3.38. The molecule has 0 bridgehead atoms. The number of hydrogen-bond acceptors (Lipinski definition) is 7. The van der Waals surface area contributed by atoms with E-state index in [0.717, 1.165) is 5.56 Å². The van der Waals surface area contributed by atoms with E-state index < -0.39 is 28.9 Å². The summed E-state index contributed by atoms with van der Waals surface area (Å²) in [7, 11) is 0. The number of aliphatic hydroxyl groups is 1. The van der Waals surface area contributed by atoms with Crippen LogP contribution in [0.15, 0.2) is 41.3 Å². The molecule has 1 N–H and O–H groups in total. The molecule has 158 valence electrons. The summed E-state index contributed by atoms with van der Waals surface area (Å²) in [5.41, 5.74) is 0.427. The lowest BCUT2D eigenvalue weighted by Crippen LogP contribution is -2.52. The van der Waals surface area contributed by atoms with E-state index >= 15 is 0 Å². The molecule has 0 amide bonds. The van der Waals surface area contributed by atoms with Crippen LogP contribution in [0.3, 0.4) is 0 Å². The van der Waals surface area contributed by atoms with Gasteiger partial charge >= 0.3 is 0 Å². The van der Waals surface area contributed by atoms with Crippen LogP contribution in [0.4, 0.5) is 0 Å². The number of fused-ring (bicyclic) bond motifs is 1. The summed E-state index contributed by atoms with van der Waals surface area (Å²) < 4.78 is 7.35. The van der Waals surface area contributed by atoms with Crippen molar-refractivity contribution in [2.45, 2.75) is 57.5 Å². The van der Waals surface area contributed by atoms with Gasteiger partial charge in [-0.1, -0.05) is 6.07 Å². The standard InChI is InChI=1S/C21H23N3O6/c1-13(30-24(27)28)4-5-14-7-9-18(25)23(12-14)19-16-10-15(11-22)6-8-17(16)29-21(2,3)20(19)26/h6-10,12-13,19-20,26H,4-5H2,1-3H3. The normalized spacial score (nSPS) is 20.4. The van der Waals surface area contributed by atoms with Gasteiger partial charge in [-0.25, -0.2) is 0 Å². The molecule has 0 radical (unpaired) electrons. The average molecular weight is 413 g/mol. The summed E-state index contributed by atoms with van der Waals surface area (Å²) in [4.78, 5) is 27.7. The highest BCUT2D eigenvalue weighted by atomic mass is 17.0. The second kappa shape index (κ2) is 8.16. The molecule has 3 unspecified atom stereocenters. The van der Waals surface area contributed by atoms with Crippen molar-refractivity contribution in [1.82, 2.24) is 4.57 Å². The SMILES string of the molecule is CC(CCc1ccc(=O)n(C2c3cc(C#N)ccc3OC(C)(C)C2O)c1)O[N+](=O)[O-]. The minimum atomic E-state index is -1.05. The fourth-order valence-electron chi connectivity index (χ4n) is 3.62. The number of aliphatic hydroxyl groups excluding tert-OH is 1. The van der Waals surface area contributed by atoms with Gasteiger partial charge < -0.3 is 19.2 Å². The third-order valence-corrected chi connectivity index (χ3v) is 5.25. The van der Waals surface area contributed by atoms with Crippen LogP contribution >= 0.6 is 0 Å². The van der Waals surface area contributed by atoms with Crippen LogP contribution in [0, 0.1) is 21.4 Å². The Kier molecular flexibility index (Phi) is 5.80. The molecule has 1 aromatic carbocycles. The van der Waals surface area contributed by atoms with Crippen LogP contribution in [-0.4, -0.2) is 32.6 Å². The fraction of sp³-hybridized carbons (Fsp3) is 0.429. The van der Waals surface area contributed by atoms with Gasteiger partial charge in [-0.15, -0.1) is 10.1 Å². The van der Waals surface area contributed by atoms with Gasteiger partial charge in [-0.3, -0.25) is 4.79 Å². The van der Waals surface area contributed by atoms with Crippen molar-refractivity contribution in [3.63, 3.8) is 0 Å². The van der Waals surface area contributed by atoms with Crippen molar-refractivity contribution >= 4 is 0 Å². The van der Waals surface area contributed by atoms with Crippen molar-refractivity contribution in [2.75, 3.05) is 0 Å². The summed E-state index contributed by atoms with van der Waals surface area (Å²) in [6.45, 7) is 5.07. The van der Waals surface area contributed by atoms with Crippen LogP contribution in [0.25, 0.3) is 0 Å². The first-order valence-electron chi connectivity index (χ1n) is 9.55. The molecule has 0 saturated carbocycles. The molecule has 1 aliphatic rings. The third kappa shape index (κ3) is 4.28. The first-order chi connectivity index (χ1) is 14.1. The maximum atomic E-state index is 12.7. The highest BCUT2D eigenvalue weighted by Crippen LogP contribution is 2.41. The molecule has 1 aliphatic heterocycles. The molecular formula is C21H23N3O6. The molecule has 3 atom stereocenters. The Morgan fingerprint density at radius 3 is 2.80 bits per heavy atom. The van der Waals surface area contributed by atoms with Crippen LogP contribution in [0.2, 0.25) is 0 Å². The smallest absolute Gasteiger partial charge is 0.294 e. The lowest BCUT2D eigenvalue weighted by atomic mass is 9.85. The maximum Gasteiger partial charge on any atom is 0.294 e. The van der Waals surface area contributed by atoms with E-state index in [-0.39, 0.29) is 5.56 Å². The number of pyridine rings is 1. The number of nitrogens with zero attached hydrogens (tertiary/aromatic N) is 3. The number of aromatic nitrogens is 1. The van der Waals surface area contributed by atoms with Crippen molar-refractivity contribution in [1.29, 1.82) is 5.26 Å². The lowest BCUT2D eigenvalue weighted by molar-refractivity contribution is -0.767. The van der Waals surface area contributed by atoms with Crippen LogP contribution in [0.1, 0.15) is 49.9 Å². The molecule has 3 rings (SSSR count). The van der Waals surface area contributed by atoms with Crippen LogP contribution in [0.5, 0.6) is 5.75 Å². The van der Waals surface area contributed by atoms with Gasteiger partial charge in [0.25, 0.3) is 10.6 Å². The number of hydrogen-bond donors (Lipinski definition) is 1. The highest BCUT2D eigenvalue weighted by molar-refractivity contribution is 5.46. The lowest BCUT2D eigenvalue weighted by Gasteiger charge is -2.42. The third-order valence-electron chi connectivity index (χ3n) is 5.25. The number of ether oxygens (including phenoxy) is 1. The van der Waals surface area contributed by atoms with Crippen LogP contribution < -0.4 is 10.3 Å². The van der Waals surface area contributed by atoms with Crippen LogP contribution in [-0.2, 0) is 11.3 Å². The number of nitriles is 1. The second-order valence-corrected chi connectivity index (χ2v) is 7.92. The molecule has 0 saturated heterocycles. The van der Waals surface area contributed by atoms with Crippen molar-refractivity contribution in [3.8, 4) is 11.8 Å². The van der Waals surface area contributed by atoms with E-state index in [2.05, 4.69) is 10.9 Å². The first kappa shape index (κ1) is 21.3. The van der Waals surface area contributed by atoms with Crippen molar-refractivity contribution in [2.24, 2.45) is 0 Å². The van der Waals surface area contributed by atoms with Gasteiger partial charge in [-0.05, 0) is 57.4 Å². The Morgan fingerprint density at radius 2 is 2.13 bits per heavy atom. The number of aryl methyl sites for hydroxylation is 1. The first-order valence-corrected chi connectivity index (χ1v) is 9.55. The van der Waals surface area contributed by atoms with E-state index in [1.54, 1.807) is 51.2 Å². The van der Waals surface area contributed by atoms with E-state index in [1.807, 2.05) is 0 Å². The summed E-state index contributed by atoms with van der Waals surface area (Å²) in [6.07, 6.45) is 0.828. The average Bonchev–Trinajstić information content (AvgIpc) is 2.68. The van der Waals surface area contributed by atoms with Gasteiger partial charge in [0.05, 0.1) is 17.7 Å². The molecule has 0 spiro atoms. The monoisotopic (exact) mass is 413 g/mol. The van der Waals surface area contributed by atoms with Gasteiger partial charge in [0.1, 0.15) is 23.6 Å². The summed E-state index contributed by atoms with van der Waals surface area (Å²) in [5, 5.41) is 29.9. The Labute approximate surface area is 173 Å². The molecular weight excluding hydrogens is 390 g/mol. The minimum absolute atomic E-state index is 0.316. The number of rotatable bonds is 6. The molecule has 0 aliphatic carbocycles. The molecule has 9 heteroatoms.